The Labute approximate surface area is 131 Å². The van der Waals surface area contributed by atoms with Crippen molar-refractivity contribution in [2.75, 3.05) is 31.8 Å². The zero-order valence-electron chi connectivity index (χ0n) is 13.1. The van der Waals surface area contributed by atoms with Crippen LogP contribution >= 0.6 is 0 Å². The lowest BCUT2D eigenvalue weighted by Crippen LogP contribution is -2.37. The molecule has 22 heavy (non-hydrogen) atoms. The zero-order chi connectivity index (χ0) is 16.3. The minimum absolute atomic E-state index is 0.0580. The van der Waals surface area contributed by atoms with E-state index in [-0.39, 0.29) is 17.0 Å². The molecule has 1 unspecified atom stereocenters. The molecular formula is C15H22N2O4S. The first-order valence-electron chi connectivity index (χ1n) is 7.22. The highest BCUT2D eigenvalue weighted by Crippen LogP contribution is 2.23. The van der Waals surface area contributed by atoms with Crippen LogP contribution in [0.1, 0.15) is 18.4 Å². The number of anilines is 1. The molecule has 2 amide bonds. The standard InChI is InChI=1S/C15H22N2O4S/c1-11-6-7-14(22(3,19)20)13(9-11)16-15(18)17(2)10-12-5-4-8-21-12/h6-7,9,12H,4-5,8,10H2,1-3H3,(H,16,18). The third kappa shape index (κ3) is 4.20. The molecule has 1 atom stereocenters. The van der Waals surface area contributed by atoms with Crippen LogP contribution in [-0.4, -0.2) is 51.9 Å². The number of carbonyl (C=O) groups excluding carboxylic acids is 1. The Morgan fingerprint density at radius 2 is 2.18 bits per heavy atom. The molecule has 1 aliphatic heterocycles. The molecule has 1 aliphatic rings. The molecule has 2 rings (SSSR count). The number of urea groups is 1. The van der Waals surface area contributed by atoms with E-state index in [1.165, 1.54) is 11.0 Å². The van der Waals surface area contributed by atoms with Gasteiger partial charge in [0.15, 0.2) is 9.84 Å². The fourth-order valence-electron chi connectivity index (χ4n) is 2.45. The highest BCUT2D eigenvalue weighted by Gasteiger charge is 2.21. The van der Waals surface area contributed by atoms with Crippen LogP contribution in [0.4, 0.5) is 10.5 Å². The van der Waals surface area contributed by atoms with E-state index in [9.17, 15) is 13.2 Å². The van der Waals surface area contributed by atoms with Gasteiger partial charge in [0.1, 0.15) is 0 Å². The van der Waals surface area contributed by atoms with E-state index in [4.69, 9.17) is 4.74 Å². The van der Waals surface area contributed by atoms with Crippen molar-refractivity contribution >= 4 is 21.6 Å². The smallest absolute Gasteiger partial charge is 0.321 e. The maximum Gasteiger partial charge on any atom is 0.321 e. The number of likely N-dealkylation sites (N-methyl/N-ethyl adjacent to an activating group) is 1. The van der Waals surface area contributed by atoms with Gasteiger partial charge in [-0.25, -0.2) is 13.2 Å². The summed E-state index contributed by atoms with van der Waals surface area (Å²) in [6.45, 7) is 3.07. The molecule has 1 saturated heterocycles. The van der Waals surface area contributed by atoms with Gasteiger partial charge in [0.2, 0.25) is 0 Å². The Kier molecular flexibility index (Phi) is 5.08. The minimum atomic E-state index is -3.40. The quantitative estimate of drug-likeness (QED) is 0.919. The molecule has 0 aromatic heterocycles. The summed E-state index contributed by atoms with van der Waals surface area (Å²) in [4.78, 5) is 13.9. The fourth-order valence-corrected chi connectivity index (χ4v) is 3.28. The third-order valence-corrected chi connectivity index (χ3v) is 4.78. The second-order valence-electron chi connectivity index (χ2n) is 5.72. The van der Waals surface area contributed by atoms with Gasteiger partial charge in [0.05, 0.1) is 16.7 Å². The van der Waals surface area contributed by atoms with E-state index in [1.807, 2.05) is 6.92 Å². The molecule has 0 radical (unpaired) electrons. The largest absolute Gasteiger partial charge is 0.376 e. The molecule has 7 heteroatoms. The number of amides is 2. The second kappa shape index (κ2) is 6.66. The number of hydrogen-bond donors (Lipinski definition) is 1. The van der Waals surface area contributed by atoms with E-state index >= 15 is 0 Å². The fraction of sp³-hybridized carbons (Fsp3) is 0.533. The monoisotopic (exact) mass is 326 g/mol. The van der Waals surface area contributed by atoms with Crippen molar-refractivity contribution in [3.8, 4) is 0 Å². The summed E-state index contributed by atoms with van der Waals surface area (Å²) >= 11 is 0. The number of aryl methyl sites for hydroxylation is 1. The Morgan fingerprint density at radius 3 is 2.77 bits per heavy atom. The molecule has 6 nitrogen and oxygen atoms in total. The number of hydrogen-bond acceptors (Lipinski definition) is 4. The molecule has 0 saturated carbocycles. The molecular weight excluding hydrogens is 304 g/mol. The summed E-state index contributed by atoms with van der Waals surface area (Å²) in [5.41, 5.74) is 1.19. The Balaban J connectivity index is 2.12. The second-order valence-corrected chi connectivity index (χ2v) is 7.70. The van der Waals surface area contributed by atoms with Gasteiger partial charge >= 0.3 is 6.03 Å². The van der Waals surface area contributed by atoms with Gasteiger partial charge in [-0.15, -0.1) is 0 Å². The molecule has 1 aromatic carbocycles. The number of carbonyl (C=O) groups is 1. The predicted molar refractivity (Wildman–Crippen MR) is 84.9 cm³/mol. The van der Waals surface area contributed by atoms with Gasteiger partial charge in [0.25, 0.3) is 0 Å². The molecule has 0 aliphatic carbocycles. The summed E-state index contributed by atoms with van der Waals surface area (Å²) in [5.74, 6) is 0. The van der Waals surface area contributed by atoms with Gasteiger partial charge in [-0.2, -0.15) is 0 Å². The topological polar surface area (TPSA) is 75.7 Å². The minimum Gasteiger partial charge on any atom is -0.376 e. The summed E-state index contributed by atoms with van der Waals surface area (Å²) in [7, 11) is -1.73. The number of benzene rings is 1. The first kappa shape index (κ1) is 16.8. The lowest BCUT2D eigenvalue weighted by Gasteiger charge is -2.22. The van der Waals surface area contributed by atoms with Crippen molar-refractivity contribution < 1.29 is 17.9 Å². The summed E-state index contributed by atoms with van der Waals surface area (Å²) in [5, 5.41) is 2.68. The van der Waals surface area contributed by atoms with Gasteiger partial charge in [-0.1, -0.05) is 6.07 Å². The average Bonchev–Trinajstić information content (AvgIpc) is 2.90. The molecule has 0 bridgehead atoms. The van der Waals surface area contributed by atoms with Gasteiger partial charge in [-0.05, 0) is 37.5 Å². The molecule has 0 spiro atoms. The molecule has 1 heterocycles. The van der Waals surface area contributed by atoms with E-state index in [1.54, 1.807) is 19.2 Å². The van der Waals surface area contributed by atoms with Crippen molar-refractivity contribution in [2.45, 2.75) is 30.8 Å². The Morgan fingerprint density at radius 1 is 1.45 bits per heavy atom. The van der Waals surface area contributed by atoms with Crippen molar-refractivity contribution in [1.82, 2.24) is 4.90 Å². The van der Waals surface area contributed by atoms with E-state index in [0.29, 0.717) is 12.2 Å². The van der Waals surface area contributed by atoms with Crippen molar-refractivity contribution in [3.63, 3.8) is 0 Å². The molecule has 1 N–H and O–H groups in total. The van der Waals surface area contributed by atoms with E-state index in [0.717, 1.165) is 31.3 Å². The van der Waals surface area contributed by atoms with Crippen LogP contribution in [0, 0.1) is 6.92 Å². The molecule has 122 valence electrons. The van der Waals surface area contributed by atoms with Crippen molar-refractivity contribution in [3.05, 3.63) is 23.8 Å². The van der Waals surface area contributed by atoms with Crippen LogP contribution in [0.15, 0.2) is 23.1 Å². The molecule has 1 fully saturated rings. The van der Waals surface area contributed by atoms with E-state index < -0.39 is 9.84 Å². The van der Waals surface area contributed by atoms with Gasteiger partial charge in [-0.3, -0.25) is 0 Å². The Hall–Kier alpha value is -1.60. The number of nitrogens with one attached hydrogen (secondary N) is 1. The van der Waals surface area contributed by atoms with Crippen LogP contribution < -0.4 is 5.32 Å². The highest BCUT2D eigenvalue weighted by molar-refractivity contribution is 7.90. The third-order valence-electron chi connectivity index (χ3n) is 3.62. The maximum atomic E-state index is 12.3. The zero-order valence-corrected chi connectivity index (χ0v) is 13.9. The molecule has 1 aromatic rings. The van der Waals surface area contributed by atoms with E-state index in [2.05, 4.69) is 5.32 Å². The van der Waals surface area contributed by atoms with Gasteiger partial charge in [0, 0.05) is 26.5 Å². The number of nitrogens with zero attached hydrogens (tertiary/aromatic N) is 1. The van der Waals surface area contributed by atoms with Crippen molar-refractivity contribution in [1.29, 1.82) is 0 Å². The van der Waals surface area contributed by atoms with Crippen LogP contribution in [0.5, 0.6) is 0 Å². The maximum absolute atomic E-state index is 12.3. The van der Waals surface area contributed by atoms with Crippen molar-refractivity contribution in [2.24, 2.45) is 0 Å². The summed E-state index contributed by atoms with van der Waals surface area (Å²) in [6.07, 6.45) is 3.14. The highest BCUT2D eigenvalue weighted by atomic mass is 32.2. The summed E-state index contributed by atoms with van der Waals surface area (Å²) in [6, 6.07) is 4.54. The number of sulfone groups is 1. The Bertz CT molecular complexity index is 652. The van der Waals surface area contributed by atoms with Crippen LogP contribution in [0.3, 0.4) is 0 Å². The van der Waals surface area contributed by atoms with Crippen LogP contribution in [0.2, 0.25) is 0 Å². The lowest BCUT2D eigenvalue weighted by atomic mass is 10.2. The number of ether oxygens (including phenoxy) is 1. The number of rotatable bonds is 4. The first-order valence-corrected chi connectivity index (χ1v) is 9.11. The average molecular weight is 326 g/mol. The lowest BCUT2D eigenvalue weighted by molar-refractivity contribution is 0.0894. The SMILES string of the molecule is Cc1ccc(S(C)(=O)=O)c(NC(=O)N(C)CC2CCCO2)c1. The van der Waals surface area contributed by atoms with Gasteiger partial charge < -0.3 is 15.0 Å². The predicted octanol–water partition coefficient (Wildman–Crippen LogP) is 2.04. The van der Waals surface area contributed by atoms with Crippen LogP contribution in [0.25, 0.3) is 0 Å². The van der Waals surface area contributed by atoms with Crippen LogP contribution in [-0.2, 0) is 14.6 Å². The normalized spacial score (nSPS) is 18.2. The first-order chi connectivity index (χ1) is 10.3. The summed E-state index contributed by atoms with van der Waals surface area (Å²) < 4.78 is 29.1.